The lowest BCUT2D eigenvalue weighted by molar-refractivity contribution is 0.102. The third-order valence-electron chi connectivity index (χ3n) is 4.60. The summed E-state index contributed by atoms with van der Waals surface area (Å²) in [6.07, 6.45) is 2.88. The minimum atomic E-state index is -3.84. The summed E-state index contributed by atoms with van der Waals surface area (Å²) >= 11 is 0. The van der Waals surface area contributed by atoms with Crippen molar-refractivity contribution in [3.05, 3.63) is 90.0 Å². The van der Waals surface area contributed by atoms with Crippen molar-refractivity contribution in [1.29, 1.82) is 0 Å². The maximum Gasteiger partial charge on any atom is 0.264 e. The summed E-state index contributed by atoms with van der Waals surface area (Å²) in [6.45, 7) is 3.89. The Hall–Kier alpha value is -4.05. The predicted octanol–water partition coefficient (Wildman–Crippen LogP) is 3.33. The van der Waals surface area contributed by atoms with Crippen molar-refractivity contribution in [2.24, 2.45) is 0 Å². The third kappa shape index (κ3) is 4.65. The molecule has 4 aromatic rings. The van der Waals surface area contributed by atoms with E-state index in [2.05, 4.69) is 25.1 Å². The van der Waals surface area contributed by atoms with E-state index in [0.717, 1.165) is 17.1 Å². The molecule has 32 heavy (non-hydrogen) atoms. The number of anilines is 2. The molecule has 162 valence electrons. The molecular weight excluding hydrogens is 428 g/mol. The van der Waals surface area contributed by atoms with E-state index in [1.165, 1.54) is 36.7 Å². The van der Waals surface area contributed by atoms with Crippen molar-refractivity contribution in [2.45, 2.75) is 18.7 Å². The van der Waals surface area contributed by atoms with Gasteiger partial charge in [-0.25, -0.2) is 27.8 Å². The molecular formula is C22H20N6O3S. The second-order valence-corrected chi connectivity index (χ2v) is 8.72. The normalized spacial score (nSPS) is 11.2. The number of sulfonamides is 1. The Labute approximate surface area is 185 Å². The number of hydrogen-bond donors (Lipinski definition) is 2. The lowest BCUT2D eigenvalue weighted by Gasteiger charge is -2.09. The number of carbonyl (C=O) groups is 1. The van der Waals surface area contributed by atoms with Crippen LogP contribution in [0, 0.1) is 13.8 Å². The molecule has 0 saturated carbocycles. The standard InChI is InChI=1S/C22H20N6O3S/c1-15-14-16(2)28(26-15)19-8-4-17(5-9-19)21(29)25-18-6-10-20(11-7-18)32(30,31)27-22-23-12-3-13-24-22/h3-14H,1-2H3,(H,25,29)(H,23,24,27). The molecule has 4 rings (SSSR count). The Bertz CT molecular complexity index is 1350. The number of aryl methyl sites for hydroxylation is 2. The molecule has 2 aromatic heterocycles. The minimum Gasteiger partial charge on any atom is -0.322 e. The molecule has 10 heteroatoms. The average molecular weight is 449 g/mol. The summed E-state index contributed by atoms with van der Waals surface area (Å²) in [5.74, 6) is -0.329. The fourth-order valence-corrected chi connectivity index (χ4v) is 4.05. The molecule has 0 atom stereocenters. The monoisotopic (exact) mass is 448 g/mol. The van der Waals surface area contributed by atoms with Gasteiger partial charge in [-0.05, 0) is 74.5 Å². The maximum atomic E-state index is 12.6. The molecule has 0 saturated heterocycles. The van der Waals surface area contributed by atoms with Crippen LogP contribution >= 0.6 is 0 Å². The SMILES string of the molecule is Cc1cc(C)n(-c2ccc(C(=O)Nc3ccc(S(=O)(=O)Nc4ncccn4)cc3)cc2)n1. The first-order valence-corrected chi connectivity index (χ1v) is 11.2. The van der Waals surface area contributed by atoms with Crippen molar-refractivity contribution >= 4 is 27.6 Å². The van der Waals surface area contributed by atoms with Crippen LogP contribution in [0.2, 0.25) is 0 Å². The van der Waals surface area contributed by atoms with Crippen LogP contribution in [0.4, 0.5) is 11.6 Å². The van der Waals surface area contributed by atoms with Crippen molar-refractivity contribution in [2.75, 3.05) is 10.0 Å². The number of carbonyl (C=O) groups excluding carboxylic acids is 1. The van der Waals surface area contributed by atoms with Gasteiger partial charge < -0.3 is 5.32 Å². The smallest absolute Gasteiger partial charge is 0.264 e. The van der Waals surface area contributed by atoms with E-state index in [1.807, 2.05) is 36.7 Å². The molecule has 2 aromatic carbocycles. The Kier molecular flexibility index (Phi) is 5.69. The van der Waals surface area contributed by atoms with Gasteiger partial charge in [0.25, 0.3) is 15.9 Å². The van der Waals surface area contributed by atoms with Gasteiger partial charge in [-0.1, -0.05) is 0 Å². The zero-order valence-corrected chi connectivity index (χ0v) is 18.2. The number of nitrogens with one attached hydrogen (secondary N) is 2. The average Bonchev–Trinajstić information content (AvgIpc) is 3.12. The quantitative estimate of drug-likeness (QED) is 0.467. The van der Waals surface area contributed by atoms with Crippen molar-refractivity contribution < 1.29 is 13.2 Å². The molecule has 0 spiro atoms. The minimum absolute atomic E-state index is 0.0196. The first-order valence-electron chi connectivity index (χ1n) is 9.67. The van der Waals surface area contributed by atoms with Crippen LogP contribution in [0.15, 0.2) is 78.0 Å². The van der Waals surface area contributed by atoms with Gasteiger partial charge >= 0.3 is 0 Å². The molecule has 2 N–H and O–H groups in total. The molecule has 0 aliphatic rings. The summed E-state index contributed by atoms with van der Waals surface area (Å²) in [5, 5.41) is 7.19. The van der Waals surface area contributed by atoms with Crippen LogP contribution in [0.5, 0.6) is 0 Å². The fraction of sp³-hybridized carbons (Fsp3) is 0.0909. The molecule has 0 unspecified atom stereocenters. The Morgan fingerprint density at radius 3 is 2.19 bits per heavy atom. The Balaban J connectivity index is 1.44. The molecule has 0 bridgehead atoms. The Morgan fingerprint density at radius 1 is 0.938 bits per heavy atom. The van der Waals surface area contributed by atoms with Crippen LogP contribution in [-0.4, -0.2) is 34.1 Å². The van der Waals surface area contributed by atoms with Gasteiger partial charge in [0.1, 0.15) is 0 Å². The summed E-state index contributed by atoms with van der Waals surface area (Å²) in [6, 6.07) is 16.5. The predicted molar refractivity (Wildman–Crippen MR) is 120 cm³/mol. The van der Waals surface area contributed by atoms with Crippen LogP contribution in [0.3, 0.4) is 0 Å². The lowest BCUT2D eigenvalue weighted by Crippen LogP contribution is -2.15. The Morgan fingerprint density at radius 2 is 1.59 bits per heavy atom. The highest BCUT2D eigenvalue weighted by atomic mass is 32.2. The summed E-state index contributed by atoms with van der Waals surface area (Å²) in [7, 11) is -3.84. The van der Waals surface area contributed by atoms with Gasteiger partial charge in [0.05, 0.1) is 16.3 Å². The molecule has 0 fully saturated rings. The van der Waals surface area contributed by atoms with Crippen LogP contribution < -0.4 is 10.0 Å². The molecule has 0 aliphatic carbocycles. The van der Waals surface area contributed by atoms with E-state index in [4.69, 9.17) is 0 Å². The number of nitrogens with zero attached hydrogens (tertiary/aromatic N) is 4. The van der Waals surface area contributed by atoms with Gasteiger partial charge in [0.2, 0.25) is 5.95 Å². The van der Waals surface area contributed by atoms with Crippen LogP contribution in [-0.2, 0) is 10.0 Å². The second kappa shape index (κ2) is 8.60. The van der Waals surface area contributed by atoms with E-state index in [0.29, 0.717) is 11.3 Å². The van der Waals surface area contributed by atoms with E-state index >= 15 is 0 Å². The van der Waals surface area contributed by atoms with E-state index in [9.17, 15) is 13.2 Å². The van der Waals surface area contributed by atoms with Crippen molar-refractivity contribution in [3.8, 4) is 5.69 Å². The zero-order valence-electron chi connectivity index (χ0n) is 17.4. The lowest BCUT2D eigenvalue weighted by atomic mass is 10.2. The number of rotatable bonds is 6. The largest absolute Gasteiger partial charge is 0.322 e. The van der Waals surface area contributed by atoms with Gasteiger partial charge in [-0.3, -0.25) is 4.79 Å². The number of hydrogen-bond acceptors (Lipinski definition) is 6. The molecule has 2 heterocycles. The molecule has 9 nitrogen and oxygen atoms in total. The molecule has 1 amide bonds. The fourth-order valence-electron chi connectivity index (χ4n) is 3.10. The maximum absolute atomic E-state index is 12.6. The van der Waals surface area contributed by atoms with E-state index in [-0.39, 0.29) is 16.8 Å². The van der Waals surface area contributed by atoms with Crippen molar-refractivity contribution in [3.63, 3.8) is 0 Å². The summed E-state index contributed by atoms with van der Waals surface area (Å²) in [5.41, 5.74) is 3.71. The van der Waals surface area contributed by atoms with Crippen molar-refractivity contribution in [1.82, 2.24) is 19.7 Å². The van der Waals surface area contributed by atoms with Gasteiger partial charge in [-0.15, -0.1) is 0 Å². The van der Waals surface area contributed by atoms with Gasteiger partial charge in [-0.2, -0.15) is 5.10 Å². The topological polar surface area (TPSA) is 119 Å². The molecule has 0 aliphatic heterocycles. The zero-order chi connectivity index (χ0) is 22.7. The number of amides is 1. The highest BCUT2D eigenvalue weighted by Crippen LogP contribution is 2.18. The van der Waals surface area contributed by atoms with Crippen LogP contribution in [0.1, 0.15) is 21.7 Å². The summed E-state index contributed by atoms with van der Waals surface area (Å²) < 4.78 is 29.0. The molecule has 0 radical (unpaired) electrons. The van der Waals surface area contributed by atoms with Gasteiger partial charge in [0.15, 0.2) is 0 Å². The van der Waals surface area contributed by atoms with Crippen LogP contribution in [0.25, 0.3) is 5.69 Å². The van der Waals surface area contributed by atoms with E-state index < -0.39 is 10.0 Å². The number of aromatic nitrogens is 4. The van der Waals surface area contributed by atoms with Gasteiger partial charge in [0, 0.05) is 29.3 Å². The third-order valence-corrected chi connectivity index (χ3v) is 5.94. The number of benzene rings is 2. The first-order chi connectivity index (χ1) is 15.3. The summed E-state index contributed by atoms with van der Waals surface area (Å²) in [4.78, 5) is 20.3. The van der Waals surface area contributed by atoms with E-state index in [1.54, 1.807) is 18.2 Å². The second-order valence-electron chi connectivity index (χ2n) is 7.04. The highest BCUT2D eigenvalue weighted by Gasteiger charge is 2.16. The highest BCUT2D eigenvalue weighted by molar-refractivity contribution is 7.92. The first kappa shape index (κ1) is 21.2.